The molecule has 46 valence electrons. The number of carbonyl (C=O) groups excluding carboxylic acids is 1. The second-order valence-corrected chi connectivity index (χ2v) is 0.835. The summed E-state index contributed by atoms with van der Waals surface area (Å²) in [6, 6.07) is -0.183. The van der Waals surface area contributed by atoms with Crippen molar-refractivity contribution in [1.29, 1.82) is 0 Å². The number of nitrogens with two attached hydrogens (primary N) is 1. The van der Waals surface area contributed by atoms with Gasteiger partial charge < -0.3 is 15.3 Å². The van der Waals surface area contributed by atoms with Crippen LogP contribution in [0.15, 0.2) is 5.16 Å². The minimum atomic E-state index is -0.183. The van der Waals surface area contributed by atoms with Gasteiger partial charge in [0.2, 0.25) is 0 Å². The minimum absolute atomic E-state index is 0.145. The standard InChI is InChI=1S/C3H6N2O3/c1-7-3(4)5-8-2-6/h2H,1H3,(H2,4,5). The van der Waals surface area contributed by atoms with E-state index in [4.69, 9.17) is 5.73 Å². The Labute approximate surface area is 46.0 Å². The Balaban J connectivity index is 3.40. The molecule has 0 amide bonds. The van der Waals surface area contributed by atoms with Crippen LogP contribution in [-0.2, 0) is 14.4 Å². The van der Waals surface area contributed by atoms with Gasteiger partial charge in [0.25, 0.3) is 0 Å². The highest BCUT2D eigenvalue weighted by Crippen LogP contribution is 1.69. The summed E-state index contributed by atoms with van der Waals surface area (Å²) in [6.45, 7) is 0.145. The van der Waals surface area contributed by atoms with E-state index in [1.165, 1.54) is 7.11 Å². The molecular formula is C3H6N2O3. The van der Waals surface area contributed by atoms with Crippen molar-refractivity contribution in [2.45, 2.75) is 0 Å². The topological polar surface area (TPSA) is 73.9 Å². The van der Waals surface area contributed by atoms with Crippen molar-refractivity contribution < 1.29 is 14.4 Å². The first kappa shape index (κ1) is 6.74. The molecule has 8 heavy (non-hydrogen) atoms. The number of carbonyl (C=O) groups is 1. The van der Waals surface area contributed by atoms with Crippen LogP contribution >= 0.6 is 0 Å². The molecule has 2 N–H and O–H groups in total. The average molecular weight is 118 g/mol. The van der Waals surface area contributed by atoms with Gasteiger partial charge in [-0.2, -0.15) is 0 Å². The van der Waals surface area contributed by atoms with Crippen LogP contribution in [-0.4, -0.2) is 19.6 Å². The summed E-state index contributed by atoms with van der Waals surface area (Å²) < 4.78 is 4.30. The summed E-state index contributed by atoms with van der Waals surface area (Å²) in [4.78, 5) is 13.2. The summed E-state index contributed by atoms with van der Waals surface area (Å²) in [5.74, 6) is 0. The summed E-state index contributed by atoms with van der Waals surface area (Å²) in [6.07, 6.45) is 0. The highest BCUT2D eigenvalue weighted by atomic mass is 16.7. The number of nitrogens with zero attached hydrogens (tertiary/aromatic N) is 1. The van der Waals surface area contributed by atoms with Gasteiger partial charge in [-0.15, -0.1) is 0 Å². The van der Waals surface area contributed by atoms with E-state index in [1.54, 1.807) is 0 Å². The highest BCUT2D eigenvalue weighted by molar-refractivity contribution is 5.70. The predicted molar refractivity (Wildman–Crippen MR) is 25.8 cm³/mol. The number of methoxy groups -OCH3 is 1. The molecule has 0 rings (SSSR count). The summed E-state index contributed by atoms with van der Waals surface area (Å²) in [5.41, 5.74) is 4.90. The number of oxime groups is 1. The van der Waals surface area contributed by atoms with Gasteiger partial charge in [0.05, 0.1) is 7.11 Å². The molecule has 0 aromatic carbocycles. The van der Waals surface area contributed by atoms with Crippen LogP contribution in [0.5, 0.6) is 0 Å². The van der Waals surface area contributed by atoms with Crippen molar-refractivity contribution >= 4 is 12.5 Å². The van der Waals surface area contributed by atoms with Crippen LogP contribution in [0.2, 0.25) is 0 Å². The second-order valence-electron chi connectivity index (χ2n) is 0.835. The molecule has 0 aliphatic heterocycles. The zero-order valence-corrected chi connectivity index (χ0v) is 4.33. The lowest BCUT2D eigenvalue weighted by Crippen LogP contribution is -2.13. The van der Waals surface area contributed by atoms with Gasteiger partial charge in [-0.3, -0.25) is 4.79 Å². The van der Waals surface area contributed by atoms with E-state index in [9.17, 15) is 4.79 Å². The van der Waals surface area contributed by atoms with Crippen LogP contribution in [0.25, 0.3) is 0 Å². The molecule has 0 bridgehead atoms. The van der Waals surface area contributed by atoms with Crippen LogP contribution in [0, 0.1) is 0 Å². The van der Waals surface area contributed by atoms with Gasteiger partial charge in [-0.05, 0) is 5.16 Å². The molecule has 0 atom stereocenters. The van der Waals surface area contributed by atoms with Gasteiger partial charge >= 0.3 is 12.5 Å². The van der Waals surface area contributed by atoms with Crippen molar-refractivity contribution in [2.75, 3.05) is 7.11 Å². The maximum absolute atomic E-state index is 9.38. The van der Waals surface area contributed by atoms with Crippen molar-refractivity contribution in [1.82, 2.24) is 0 Å². The second kappa shape index (κ2) is 3.91. The first-order valence-electron chi connectivity index (χ1n) is 1.78. The zero-order chi connectivity index (χ0) is 6.41. The average Bonchev–Trinajstić information content (AvgIpc) is 1.83. The van der Waals surface area contributed by atoms with E-state index < -0.39 is 0 Å². The molecule has 0 aliphatic rings. The van der Waals surface area contributed by atoms with Crippen LogP contribution in [0.3, 0.4) is 0 Å². The Morgan fingerprint density at radius 3 is 2.88 bits per heavy atom. The van der Waals surface area contributed by atoms with Crippen LogP contribution < -0.4 is 5.73 Å². The van der Waals surface area contributed by atoms with E-state index in [0.717, 1.165) is 0 Å². The van der Waals surface area contributed by atoms with Gasteiger partial charge in [0.1, 0.15) is 0 Å². The lowest BCUT2D eigenvalue weighted by atomic mass is 11.2. The number of amidine groups is 1. The van der Waals surface area contributed by atoms with Gasteiger partial charge in [0, 0.05) is 0 Å². The maximum atomic E-state index is 9.38. The molecule has 5 heteroatoms. The normalized spacial score (nSPS) is 10.4. The van der Waals surface area contributed by atoms with Crippen LogP contribution in [0.4, 0.5) is 0 Å². The molecule has 0 radical (unpaired) electrons. The Morgan fingerprint density at radius 2 is 2.50 bits per heavy atom. The third-order valence-electron chi connectivity index (χ3n) is 0.395. The quantitative estimate of drug-likeness (QED) is 0.166. The largest absolute Gasteiger partial charge is 0.467 e. The first-order chi connectivity index (χ1) is 3.81. The molecule has 0 unspecified atom stereocenters. The lowest BCUT2D eigenvalue weighted by Gasteiger charge is -1.91. The summed E-state index contributed by atoms with van der Waals surface area (Å²) in [7, 11) is 1.31. The molecule has 0 aliphatic carbocycles. The van der Waals surface area contributed by atoms with Crippen molar-refractivity contribution in [3.05, 3.63) is 0 Å². The molecular weight excluding hydrogens is 112 g/mol. The molecule has 0 fully saturated rings. The van der Waals surface area contributed by atoms with E-state index in [0.29, 0.717) is 0 Å². The monoisotopic (exact) mass is 118 g/mol. The van der Waals surface area contributed by atoms with E-state index in [-0.39, 0.29) is 12.5 Å². The Bertz CT molecular complexity index is 101. The predicted octanol–water partition coefficient (Wildman–Crippen LogP) is -0.965. The number of ether oxygens (including phenoxy) is 1. The fraction of sp³-hybridized carbons (Fsp3) is 0.333. The fourth-order valence-corrected chi connectivity index (χ4v) is 0.111. The molecule has 5 nitrogen and oxygen atoms in total. The summed E-state index contributed by atoms with van der Waals surface area (Å²) in [5, 5.41) is 2.97. The van der Waals surface area contributed by atoms with Crippen molar-refractivity contribution in [3.63, 3.8) is 0 Å². The fourth-order valence-electron chi connectivity index (χ4n) is 0.111. The summed E-state index contributed by atoms with van der Waals surface area (Å²) >= 11 is 0. The SMILES string of the molecule is CO/C(N)=N/OC=O. The Hall–Kier alpha value is -1.26. The van der Waals surface area contributed by atoms with E-state index >= 15 is 0 Å². The Kier molecular flexibility index (Phi) is 3.30. The van der Waals surface area contributed by atoms with Crippen molar-refractivity contribution in [3.8, 4) is 0 Å². The molecule has 0 aromatic rings. The zero-order valence-electron chi connectivity index (χ0n) is 4.33. The van der Waals surface area contributed by atoms with Crippen molar-refractivity contribution in [2.24, 2.45) is 10.9 Å². The smallest absolute Gasteiger partial charge is 0.323 e. The number of rotatable bonds is 2. The molecule has 0 spiro atoms. The van der Waals surface area contributed by atoms with Crippen LogP contribution in [0.1, 0.15) is 0 Å². The third-order valence-corrected chi connectivity index (χ3v) is 0.395. The molecule has 0 aromatic heterocycles. The molecule has 0 saturated carbocycles. The van der Waals surface area contributed by atoms with E-state index in [2.05, 4.69) is 14.7 Å². The molecule has 0 saturated heterocycles. The third kappa shape index (κ3) is 2.95. The minimum Gasteiger partial charge on any atom is -0.467 e. The lowest BCUT2D eigenvalue weighted by molar-refractivity contribution is -0.128. The number of hydrogen-bond acceptors (Lipinski definition) is 4. The molecule has 0 heterocycles. The number of hydrogen-bond donors (Lipinski definition) is 1. The first-order valence-corrected chi connectivity index (χ1v) is 1.78. The highest BCUT2D eigenvalue weighted by Gasteiger charge is 1.83. The van der Waals surface area contributed by atoms with Gasteiger partial charge in [-0.1, -0.05) is 0 Å². The van der Waals surface area contributed by atoms with Gasteiger partial charge in [0.15, 0.2) is 0 Å². The maximum Gasteiger partial charge on any atom is 0.323 e. The van der Waals surface area contributed by atoms with E-state index in [1.807, 2.05) is 0 Å². The Morgan fingerprint density at radius 1 is 1.88 bits per heavy atom. The van der Waals surface area contributed by atoms with Gasteiger partial charge in [-0.25, -0.2) is 0 Å².